The molecule has 2 nitrogen and oxygen atoms in total. The minimum absolute atomic E-state index is 0.0116. The van der Waals surface area contributed by atoms with E-state index in [-0.39, 0.29) is 12.2 Å². The summed E-state index contributed by atoms with van der Waals surface area (Å²) in [6.07, 6.45) is 6.59. The van der Waals surface area contributed by atoms with Crippen LogP contribution in [-0.2, 0) is 9.53 Å². The van der Waals surface area contributed by atoms with Crippen molar-refractivity contribution < 1.29 is 9.53 Å². The highest BCUT2D eigenvalue weighted by Crippen LogP contribution is 2.21. The third-order valence-corrected chi connectivity index (χ3v) is 2.30. The lowest BCUT2D eigenvalue weighted by atomic mass is 9.90. The van der Waals surface area contributed by atoms with Crippen LogP contribution in [0.4, 0.5) is 0 Å². The minimum atomic E-state index is -0.646. The van der Waals surface area contributed by atoms with Crippen LogP contribution in [0.25, 0.3) is 0 Å². The molecule has 0 fully saturated rings. The van der Waals surface area contributed by atoms with Crippen molar-refractivity contribution in [1.29, 1.82) is 0 Å². The second-order valence-corrected chi connectivity index (χ2v) is 2.71. The van der Waals surface area contributed by atoms with Gasteiger partial charge in [-0.15, -0.1) is 6.42 Å². The Bertz CT molecular complexity index is 176. The first-order valence-electron chi connectivity index (χ1n) is 4.18. The lowest BCUT2D eigenvalue weighted by Gasteiger charge is -2.27. The van der Waals surface area contributed by atoms with Crippen molar-refractivity contribution >= 4 is 5.78 Å². The number of carbonyl (C=O) groups excluding carboxylic acids is 1. The molecule has 2 heteroatoms. The molecule has 0 aliphatic carbocycles. The first-order valence-corrected chi connectivity index (χ1v) is 4.18. The summed E-state index contributed by atoms with van der Waals surface area (Å²) < 4.78 is 5.21. The summed E-state index contributed by atoms with van der Waals surface area (Å²) in [5, 5.41) is 0. The summed E-state index contributed by atoms with van der Waals surface area (Å²) in [6, 6.07) is 0. The Morgan fingerprint density at radius 3 is 2.25 bits per heavy atom. The highest BCUT2D eigenvalue weighted by Gasteiger charge is 2.33. The van der Waals surface area contributed by atoms with E-state index < -0.39 is 5.60 Å². The smallest absolute Gasteiger partial charge is 0.176 e. The van der Waals surface area contributed by atoms with Gasteiger partial charge in [0.15, 0.2) is 5.78 Å². The molecule has 0 N–H and O–H groups in total. The molecule has 0 heterocycles. The van der Waals surface area contributed by atoms with E-state index in [0.29, 0.717) is 12.8 Å². The van der Waals surface area contributed by atoms with E-state index in [1.807, 2.05) is 13.8 Å². The average molecular weight is 168 g/mol. The Labute approximate surface area is 74.3 Å². The molecule has 0 saturated carbocycles. The zero-order valence-corrected chi connectivity index (χ0v) is 8.02. The van der Waals surface area contributed by atoms with Crippen LogP contribution < -0.4 is 0 Å². The van der Waals surface area contributed by atoms with E-state index in [4.69, 9.17) is 11.2 Å². The fraction of sp³-hybridized carbons (Fsp3) is 0.700. The molecular weight excluding hydrogens is 152 g/mol. The average Bonchev–Trinajstić information content (AvgIpc) is 2.09. The first kappa shape index (κ1) is 11.2. The van der Waals surface area contributed by atoms with Crippen LogP contribution in [0.1, 0.15) is 33.1 Å². The number of hydrogen-bond acceptors (Lipinski definition) is 2. The maximum absolute atomic E-state index is 11.5. The van der Waals surface area contributed by atoms with Gasteiger partial charge in [0.25, 0.3) is 0 Å². The molecule has 0 aliphatic heterocycles. The van der Waals surface area contributed by atoms with Crippen LogP contribution in [0.3, 0.4) is 0 Å². The summed E-state index contributed by atoms with van der Waals surface area (Å²) in [4.78, 5) is 11.5. The predicted molar refractivity (Wildman–Crippen MR) is 48.8 cm³/mol. The zero-order valence-electron chi connectivity index (χ0n) is 8.02. The molecular formula is C10H16O2. The second kappa shape index (κ2) is 4.95. The van der Waals surface area contributed by atoms with Crippen LogP contribution in [-0.4, -0.2) is 18.5 Å². The van der Waals surface area contributed by atoms with Crippen molar-refractivity contribution in [3.63, 3.8) is 0 Å². The van der Waals surface area contributed by atoms with Gasteiger partial charge in [0.2, 0.25) is 0 Å². The Hall–Kier alpha value is -0.810. The van der Waals surface area contributed by atoms with Crippen molar-refractivity contribution in [2.45, 2.75) is 38.7 Å². The molecule has 0 atom stereocenters. The standard InChI is InChI=1S/C10H16O2/c1-5-8-9(11)10(6-2,7-3)12-4/h1H,6-8H2,2-4H3. The fourth-order valence-electron chi connectivity index (χ4n) is 1.30. The highest BCUT2D eigenvalue weighted by molar-refractivity contribution is 5.89. The Morgan fingerprint density at radius 2 is 2.00 bits per heavy atom. The summed E-state index contributed by atoms with van der Waals surface area (Å²) in [6.45, 7) is 3.86. The van der Waals surface area contributed by atoms with E-state index >= 15 is 0 Å². The Balaban J connectivity index is 4.49. The number of rotatable bonds is 5. The van der Waals surface area contributed by atoms with Gasteiger partial charge >= 0.3 is 0 Å². The third kappa shape index (κ3) is 2.09. The molecule has 0 saturated heterocycles. The number of terminal acetylenes is 1. The van der Waals surface area contributed by atoms with Crippen molar-refractivity contribution in [3.05, 3.63) is 0 Å². The zero-order chi connectivity index (χ0) is 9.61. The van der Waals surface area contributed by atoms with Crippen molar-refractivity contribution in [2.75, 3.05) is 7.11 Å². The summed E-state index contributed by atoms with van der Waals surface area (Å²) >= 11 is 0. The van der Waals surface area contributed by atoms with E-state index in [1.54, 1.807) is 7.11 Å². The molecule has 0 aromatic heterocycles. The number of Topliss-reactive ketones (excluding diaryl/α,β-unsaturated/α-hetero) is 1. The maximum atomic E-state index is 11.5. The molecule has 0 aromatic carbocycles. The van der Waals surface area contributed by atoms with Crippen molar-refractivity contribution in [3.8, 4) is 12.3 Å². The largest absolute Gasteiger partial charge is 0.370 e. The number of ether oxygens (including phenoxy) is 1. The van der Waals surface area contributed by atoms with Gasteiger partial charge in [0, 0.05) is 7.11 Å². The SMILES string of the molecule is C#CCC(=O)C(CC)(CC)OC. The van der Waals surface area contributed by atoms with Crippen LogP contribution >= 0.6 is 0 Å². The van der Waals surface area contributed by atoms with E-state index in [9.17, 15) is 4.79 Å². The second-order valence-electron chi connectivity index (χ2n) is 2.71. The van der Waals surface area contributed by atoms with Crippen molar-refractivity contribution in [1.82, 2.24) is 0 Å². The summed E-state index contributed by atoms with van der Waals surface area (Å²) in [5.74, 6) is 2.36. The lowest BCUT2D eigenvalue weighted by Crippen LogP contribution is -2.39. The van der Waals surface area contributed by atoms with Gasteiger partial charge < -0.3 is 4.74 Å². The van der Waals surface area contributed by atoms with E-state index in [2.05, 4.69) is 5.92 Å². The predicted octanol–water partition coefficient (Wildman–Crippen LogP) is 1.78. The van der Waals surface area contributed by atoms with Crippen LogP contribution in [0.5, 0.6) is 0 Å². The number of hydrogen-bond donors (Lipinski definition) is 0. The normalized spacial score (nSPS) is 10.8. The Kier molecular flexibility index (Phi) is 4.61. The van der Waals surface area contributed by atoms with E-state index in [1.165, 1.54) is 0 Å². The number of methoxy groups -OCH3 is 1. The van der Waals surface area contributed by atoms with Crippen molar-refractivity contribution in [2.24, 2.45) is 0 Å². The lowest BCUT2D eigenvalue weighted by molar-refractivity contribution is -0.140. The maximum Gasteiger partial charge on any atom is 0.176 e. The summed E-state index contributed by atoms with van der Waals surface area (Å²) in [7, 11) is 1.56. The van der Waals surface area contributed by atoms with Gasteiger partial charge in [-0.1, -0.05) is 19.8 Å². The molecule has 12 heavy (non-hydrogen) atoms. The quantitative estimate of drug-likeness (QED) is 0.585. The van der Waals surface area contributed by atoms with Crippen LogP contribution in [0.15, 0.2) is 0 Å². The fourth-order valence-corrected chi connectivity index (χ4v) is 1.30. The molecule has 68 valence electrons. The topological polar surface area (TPSA) is 26.3 Å². The first-order chi connectivity index (χ1) is 5.66. The molecule has 0 unspecified atom stereocenters. The molecule has 0 spiro atoms. The third-order valence-electron chi connectivity index (χ3n) is 2.30. The van der Waals surface area contributed by atoms with Crippen LogP contribution in [0, 0.1) is 12.3 Å². The molecule has 0 aromatic rings. The summed E-state index contributed by atoms with van der Waals surface area (Å²) in [5.41, 5.74) is -0.646. The molecule has 0 rings (SSSR count). The molecule has 0 amide bonds. The minimum Gasteiger partial charge on any atom is -0.370 e. The molecule has 0 aliphatic rings. The van der Waals surface area contributed by atoms with Gasteiger partial charge in [-0.3, -0.25) is 4.79 Å². The number of carbonyl (C=O) groups is 1. The van der Waals surface area contributed by atoms with Crippen LogP contribution in [0.2, 0.25) is 0 Å². The molecule has 0 bridgehead atoms. The molecule has 0 radical (unpaired) electrons. The van der Waals surface area contributed by atoms with Gasteiger partial charge in [-0.2, -0.15) is 0 Å². The van der Waals surface area contributed by atoms with Gasteiger partial charge in [-0.05, 0) is 12.8 Å². The van der Waals surface area contributed by atoms with E-state index in [0.717, 1.165) is 0 Å². The van der Waals surface area contributed by atoms with Gasteiger partial charge in [0.1, 0.15) is 5.60 Å². The number of ketones is 1. The van der Waals surface area contributed by atoms with Gasteiger partial charge in [0.05, 0.1) is 6.42 Å². The highest BCUT2D eigenvalue weighted by atomic mass is 16.5. The van der Waals surface area contributed by atoms with Gasteiger partial charge in [-0.25, -0.2) is 0 Å². The Morgan fingerprint density at radius 1 is 1.50 bits per heavy atom. The monoisotopic (exact) mass is 168 g/mol.